The molecule has 1 aromatic heterocycles. The van der Waals surface area contributed by atoms with E-state index in [1.807, 2.05) is 36.4 Å². The minimum absolute atomic E-state index is 0.189. The molecule has 0 radical (unpaired) electrons. The van der Waals surface area contributed by atoms with E-state index in [9.17, 15) is 14.7 Å². The monoisotopic (exact) mass is 660 g/mol. The van der Waals surface area contributed by atoms with Crippen molar-refractivity contribution in [3.63, 3.8) is 0 Å². The van der Waals surface area contributed by atoms with Gasteiger partial charge in [-0.05, 0) is 68.1 Å². The van der Waals surface area contributed by atoms with Gasteiger partial charge in [0, 0.05) is 65.2 Å². The summed E-state index contributed by atoms with van der Waals surface area (Å²) in [5.41, 5.74) is 8.79. The lowest BCUT2D eigenvalue weighted by atomic mass is 9.77. The number of Topliss-reactive ketones (excluding diaryl/α,β-unsaturated/α-hetero) is 1. The van der Waals surface area contributed by atoms with Crippen molar-refractivity contribution in [1.29, 1.82) is 0 Å². The minimum atomic E-state index is -0.466. The molecule has 6 rings (SSSR count). The molecule has 0 unspecified atom stereocenters. The average Bonchev–Trinajstić information content (AvgIpc) is 3.67. The number of hydrogen-bond donors (Lipinski definition) is 0. The van der Waals surface area contributed by atoms with Crippen LogP contribution in [0.5, 0.6) is 0 Å². The average molecular weight is 661 g/mol. The van der Waals surface area contributed by atoms with Crippen molar-refractivity contribution in [2.24, 2.45) is 0 Å². The Labute approximate surface area is 287 Å². The van der Waals surface area contributed by atoms with Crippen molar-refractivity contribution in [1.82, 2.24) is 8.75 Å². The van der Waals surface area contributed by atoms with Crippen LogP contribution in [0.1, 0.15) is 94.6 Å². The molecule has 48 heavy (non-hydrogen) atoms. The lowest BCUT2D eigenvalue weighted by Gasteiger charge is -2.31. The summed E-state index contributed by atoms with van der Waals surface area (Å²) in [7, 11) is 0. The maximum atomic E-state index is 13.7. The highest BCUT2D eigenvalue weighted by molar-refractivity contribution is 7.00. The molecular weight excluding hydrogens is 617 g/mol. The number of benzene rings is 3. The van der Waals surface area contributed by atoms with Crippen molar-refractivity contribution in [3.8, 4) is 11.1 Å². The molecule has 4 aromatic rings. The SMILES string of the molecule is CCCCN(CCCC)c1ccc(C2=C([O-])C(=CC3=[N+](CCCC)c4ccc(-c5ccc(C=O)c6nsnc56)cc4C3(C)C)C2=O)cc1. The van der Waals surface area contributed by atoms with Gasteiger partial charge in [0.1, 0.15) is 17.6 Å². The molecule has 3 aromatic carbocycles. The molecule has 0 bridgehead atoms. The number of aromatic nitrogens is 2. The minimum Gasteiger partial charge on any atom is -0.871 e. The zero-order valence-electron chi connectivity index (χ0n) is 28.6. The van der Waals surface area contributed by atoms with Crippen molar-refractivity contribution < 1.29 is 19.3 Å². The number of allylic oxidation sites excluding steroid dienone is 3. The Morgan fingerprint density at radius 3 is 2.19 bits per heavy atom. The van der Waals surface area contributed by atoms with Crippen molar-refractivity contribution in [2.45, 2.75) is 78.6 Å². The summed E-state index contributed by atoms with van der Waals surface area (Å²) in [4.78, 5) is 27.7. The molecule has 1 aliphatic carbocycles. The van der Waals surface area contributed by atoms with Gasteiger partial charge in [-0.15, -0.1) is 0 Å². The molecule has 7 nitrogen and oxygen atoms in total. The number of ketones is 1. The Morgan fingerprint density at radius 2 is 1.54 bits per heavy atom. The van der Waals surface area contributed by atoms with Gasteiger partial charge >= 0.3 is 0 Å². The summed E-state index contributed by atoms with van der Waals surface area (Å²) in [6.07, 6.45) is 9.19. The largest absolute Gasteiger partial charge is 0.871 e. The molecule has 0 atom stereocenters. The molecule has 8 heteroatoms. The lowest BCUT2D eigenvalue weighted by molar-refractivity contribution is -0.438. The number of unbranched alkanes of at least 4 members (excludes halogenated alkanes) is 3. The van der Waals surface area contributed by atoms with Crippen molar-refractivity contribution >= 4 is 57.5 Å². The molecule has 0 saturated heterocycles. The van der Waals surface area contributed by atoms with E-state index in [-0.39, 0.29) is 22.7 Å². The Morgan fingerprint density at radius 1 is 0.875 bits per heavy atom. The number of anilines is 1. The fourth-order valence-corrected chi connectivity index (χ4v) is 7.50. The third-order valence-corrected chi connectivity index (χ3v) is 10.3. The van der Waals surface area contributed by atoms with Crippen molar-refractivity contribution in [3.05, 3.63) is 88.7 Å². The second-order valence-electron chi connectivity index (χ2n) is 13.4. The van der Waals surface area contributed by atoms with Crippen LogP contribution < -0.4 is 10.0 Å². The molecule has 2 aliphatic rings. The van der Waals surface area contributed by atoms with Crippen LogP contribution in [0, 0.1) is 0 Å². The van der Waals surface area contributed by atoms with Crippen molar-refractivity contribution in [2.75, 3.05) is 24.5 Å². The first-order valence-electron chi connectivity index (χ1n) is 17.3. The number of carbonyl (C=O) groups excluding carboxylic acids is 2. The Balaban J connectivity index is 1.34. The van der Waals surface area contributed by atoms with E-state index in [1.165, 1.54) is 0 Å². The first-order valence-corrected chi connectivity index (χ1v) is 18.0. The van der Waals surface area contributed by atoms with Crippen LogP contribution in [-0.4, -0.2) is 50.7 Å². The highest BCUT2D eigenvalue weighted by Gasteiger charge is 2.46. The maximum absolute atomic E-state index is 13.7. The van der Waals surface area contributed by atoms with Gasteiger partial charge in [-0.1, -0.05) is 64.0 Å². The molecule has 0 amide bonds. The highest BCUT2D eigenvalue weighted by Crippen LogP contribution is 2.45. The first kappa shape index (κ1) is 33.5. The molecular formula is C40H44N4O3S. The van der Waals surface area contributed by atoms with Gasteiger partial charge in [0.25, 0.3) is 0 Å². The standard InChI is InChI=1S/C40H44N4O3S/c1-6-9-20-43(21-10-7-2)29-16-12-26(13-17-29)35-38(46)31(39(35)47)24-34-40(4,5)32-23-27(15-19-33(32)44(34)22-11-8-3)30-18-14-28(25-45)36-37(30)42-48-41-36/h12-19,23-25H,6-11,20-22H2,1-5H3. The van der Waals surface area contributed by atoms with Crippen LogP contribution in [0.25, 0.3) is 27.7 Å². The van der Waals surface area contributed by atoms with Crippen LogP contribution in [0.2, 0.25) is 0 Å². The second kappa shape index (κ2) is 14.0. The van der Waals surface area contributed by atoms with E-state index in [1.54, 1.807) is 6.07 Å². The van der Waals surface area contributed by atoms with E-state index in [0.29, 0.717) is 22.2 Å². The number of rotatable bonds is 14. The normalized spacial score (nSPS) is 16.2. The number of hydrogen-bond acceptors (Lipinski definition) is 7. The zero-order chi connectivity index (χ0) is 34.0. The third-order valence-electron chi connectivity index (χ3n) is 9.82. The summed E-state index contributed by atoms with van der Waals surface area (Å²) >= 11 is 1.10. The van der Waals surface area contributed by atoms with E-state index >= 15 is 0 Å². The molecule has 1 aliphatic heterocycles. The van der Waals surface area contributed by atoms with E-state index < -0.39 is 5.41 Å². The van der Waals surface area contributed by atoms with Gasteiger partial charge in [-0.2, -0.15) is 13.3 Å². The van der Waals surface area contributed by atoms with Crippen LogP contribution in [0.15, 0.2) is 72.0 Å². The number of carbonyl (C=O) groups is 2. The van der Waals surface area contributed by atoms with Gasteiger partial charge in [0.2, 0.25) is 5.69 Å². The Hall–Kier alpha value is -4.43. The lowest BCUT2D eigenvalue weighted by Crippen LogP contribution is -2.33. The predicted molar refractivity (Wildman–Crippen MR) is 194 cm³/mol. The molecule has 248 valence electrons. The fraction of sp³-hybridized carbons (Fsp3) is 0.375. The molecule has 0 N–H and O–H groups in total. The van der Waals surface area contributed by atoms with E-state index in [0.717, 1.165) is 110 Å². The van der Waals surface area contributed by atoms with Gasteiger partial charge in [0.05, 0.1) is 17.1 Å². The van der Waals surface area contributed by atoms with Crippen LogP contribution in [0.4, 0.5) is 11.4 Å². The fourth-order valence-electron chi connectivity index (χ4n) is 6.92. The van der Waals surface area contributed by atoms with Gasteiger partial charge < -0.3 is 10.0 Å². The van der Waals surface area contributed by atoms with Crippen LogP contribution >= 0.6 is 11.7 Å². The maximum Gasteiger partial charge on any atom is 0.209 e. The summed E-state index contributed by atoms with van der Waals surface area (Å²) in [6.45, 7) is 13.7. The smallest absolute Gasteiger partial charge is 0.209 e. The predicted octanol–water partition coefficient (Wildman–Crippen LogP) is 8.03. The molecule has 0 saturated carbocycles. The van der Waals surface area contributed by atoms with E-state index in [2.05, 4.69) is 71.0 Å². The first-order chi connectivity index (χ1) is 23.2. The van der Waals surface area contributed by atoms with Gasteiger partial charge in [-0.3, -0.25) is 9.59 Å². The Bertz CT molecular complexity index is 1960. The quantitative estimate of drug-likeness (QED) is 0.0773. The Kier molecular flexibility index (Phi) is 9.74. The summed E-state index contributed by atoms with van der Waals surface area (Å²) in [5, 5.41) is 13.7. The van der Waals surface area contributed by atoms with Crippen LogP contribution in [0.3, 0.4) is 0 Å². The number of aldehydes is 1. The summed E-state index contributed by atoms with van der Waals surface area (Å²) in [5.74, 6) is -0.378. The molecule has 2 heterocycles. The topological polar surface area (TPSA) is 89.2 Å². The molecule has 0 fully saturated rings. The third kappa shape index (κ3) is 5.91. The van der Waals surface area contributed by atoms with Crippen LogP contribution in [-0.2, 0) is 10.2 Å². The number of fused-ring (bicyclic) bond motifs is 2. The number of nitrogens with zero attached hydrogens (tertiary/aromatic N) is 4. The zero-order valence-corrected chi connectivity index (χ0v) is 29.5. The molecule has 0 spiro atoms. The van der Waals surface area contributed by atoms with Gasteiger partial charge in [-0.25, -0.2) is 0 Å². The summed E-state index contributed by atoms with van der Waals surface area (Å²) in [6, 6.07) is 18.1. The van der Waals surface area contributed by atoms with Gasteiger partial charge in [0.15, 0.2) is 17.8 Å². The van der Waals surface area contributed by atoms with E-state index in [4.69, 9.17) is 0 Å². The highest BCUT2D eigenvalue weighted by atomic mass is 32.1. The summed E-state index contributed by atoms with van der Waals surface area (Å²) < 4.78 is 11.2. The second-order valence-corrected chi connectivity index (χ2v) is 13.9.